The van der Waals surface area contributed by atoms with Gasteiger partial charge in [0.05, 0.1) is 13.1 Å². The molecule has 1 aliphatic heterocycles. The lowest BCUT2D eigenvalue weighted by Crippen LogP contribution is -3.14. The predicted octanol–water partition coefficient (Wildman–Crippen LogP) is 1.64. The number of rotatable bonds is 6. The molecule has 132 valence electrons. The van der Waals surface area contributed by atoms with Crippen molar-refractivity contribution < 1.29 is 14.5 Å². The first-order chi connectivity index (χ1) is 10.7. The zero-order valence-electron chi connectivity index (χ0n) is 15.4. The van der Waals surface area contributed by atoms with Gasteiger partial charge in [0, 0.05) is 11.8 Å². The molecule has 5 nitrogen and oxygen atoms in total. The summed E-state index contributed by atoms with van der Waals surface area (Å²) in [6.45, 7) is 13.5. The lowest BCUT2D eigenvalue weighted by Gasteiger charge is -2.33. The topological polar surface area (TPSA) is 53.9 Å². The molecule has 0 radical (unpaired) electrons. The zero-order valence-corrected chi connectivity index (χ0v) is 15.4. The van der Waals surface area contributed by atoms with E-state index in [4.69, 9.17) is 0 Å². The molecule has 0 atom stereocenters. The Morgan fingerprint density at radius 1 is 1.13 bits per heavy atom. The highest BCUT2D eigenvalue weighted by molar-refractivity contribution is 6.06. The van der Waals surface area contributed by atoms with E-state index in [-0.39, 0.29) is 11.9 Å². The van der Waals surface area contributed by atoms with Crippen molar-refractivity contribution in [3.8, 4) is 0 Å². The Bertz CT molecular complexity index is 430. The van der Waals surface area contributed by atoms with Gasteiger partial charge in [-0.1, -0.05) is 34.6 Å². The average Bonchev–Trinajstić information content (AvgIpc) is 2.66. The van der Waals surface area contributed by atoms with Crippen LogP contribution in [-0.4, -0.2) is 42.1 Å². The van der Waals surface area contributed by atoms with Crippen LogP contribution in [0.15, 0.2) is 0 Å². The molecule has 5 heteroatoms. The van der Waals surface area contributed by atoms with Gasteiger partial charge in [0.25, 0.3) is 5.91 Å². The Labute approximate surface area is 140 Å². The molecule has 1 saturated heterocycles. The van der Waals surface area contributed by atoms with Crippen LogP contribution in [0.4, 0.5) is 4.79 Å². The molecule has 2 rings (SSSR count). The molecule has 0 aromatic rings. The fourth-order valence-electron chi connectivity index (χ4n) is 4.00. The Hall–Kier alpha value is -1.10. The number of quaternary nitrogens is 1. The number of hydrogen-bond donors (Lipinski definition) is 2. The maximum Gasteiger partial charge on any atom is 0.329 e. The van der Waals surface area contributed by atoms with E-state index in [1.807, 2.05) is 0 Å². The van der Waals surface area contributed by atoms with E-state index >= 15 is 0 Å². The molecular weight excluding hydrogens is 290 g/mol. The van der Waals surface area contributed by atoms with E-state index in [1.54, 1.807) is 0 Å². The number of nitrogens with one attached hydrogen (secondary N) is 2. The van der Waals surface area contributed by atoms with Crippen LogP contribution >= 0.6 is 0 Å². The van der Waals surface area contributed by atoms with Crippen LogP contribution < -0.4 is 10.2 Å². The Morgan fingerprint density at radius 3 is 2.13 bits per heavy atom. The van der Waals surface area contributed by atoms with Crippen LogP contribution in [0, 0.1) is 17.8 Å². The van der Waals surface area contributed by atoms with E-state index in [0.29, 0.717) is 24.4 Å². The van der Waals surface area contributed by atoms with Gasteiger partial charge in [0.1, 0.15) is 5.54 Å². The van der Waals surface area contributed by atoms with Gasteiger partial charge in [-0.25, -0.2) is 9.69 Å². The minimum atomic E-state index is -0.607. The third-order valence-electron chi connectivity index (χ3n) is 5.15. The van der Waals surface area contributed by atoms with Crippen LogP contribution in [0.3, 0.4) is 0 Å². The van der Waals surface area contributed by atoms with Gasteiger partial charge in [0.15, 0.2) is 6.67 Å². The average molecular weight is 324 g/mol. The third-order valence-corrected chi connectivity index (χ3v) is 5.15. The van der Waals surface area contributed by atoms with E-state index in [9.17, 15) is 9.59 Å². The second-order valence-electron chi connectivity index (χ2n) is 8.53. The van der Waals surface area contributed by atoms with Crippen LogP contribution in [0.5, 0.6) is 0 Å². The number of imide groups is 1. The zero-order chi connectivity index (χ0) is 17.2. The number of hydrogen-bond acceptors (Lipinski definition) is 2. The van der Waals surface area contributed by atoms with Gasteiger partial charge in [-0.3, -0.25) is 4.79 Å². The lowest BCUT2D eigenvalue weighted by molar-refractivity contribution is -0.913. The molecule has 0 aromatic carbocycles. The number of carbonyl (C=O) groups is 2. The molecule has 2 N–H and O–H groups in total. The lowest BCUT2D eigenvalue weighted by atomic mass is 9.77. The van der Waals surface area contributed by atoms with Crippen molar-refractivity contribution in [2.45, 2.75) is 65.8 Å². The second-order valence-corrected chi connectivity index (χ2v) is 8.53. The third kappa shape index (κ3) is 4.25. The van der Waals surface area contributed by atoms with Crippen molar-refractivity contribution in [2.24, 2.45) is 17.8 Å². The summed E-state index contributed by atoms with van der Waals surface area (Å²) in [5, 5.41) is 3.03. The van der Waals surface area contributed by atoms with Crippen LogP contribution in [0.25, 0.3) is 0 Å². The van der Waals surface area contributed by atoms with Crippen molar-refractivity contribution >= 4 is 11.9 Å². The Balaban J connectivity index is 2.06. The molecule has 0 unspecified atom stereocenters. The van der Waals surface area contributed by atoms with E-state index in [0.717, 1.165) is 38.8 Å². The van der Waals surface area contributed by atoms with Gasteiger partial charge in [-0.2, -0.15) is 0 Å². The molecular formula is C18H34N3O2+. The SMILES string of the molecule is CC(C)C[NH+](CC(C)C)CN1C(=O)NC2(CCC(C)CC2)C1=O. The monoisotopic (exact) mass is 324 g/mol. The summed E-state index contributed by atoms with van der Waals surface area (Å²) in [6.07, 6.45) is 3.63. The molecule has 1 aliphatic carbocycles. The van der Waals surface area contributed by atoms with Crippen LogP contribution in [0.1, 0.15) is 60.3 Å². The molecule has 2 aliphatic rings. The maximum absolute atomic E-state index is 12.9. The summed E-state index contributed by atoms with van der Waals surface area (Å²) in [6, 6.07) is -0.186. The Kier molecular flexibility index (Phi) is 5.71. The number of amides is 3. The Morgan fingerprint density at radius 2 is 1.65 bits per heavy atom. The smallest absolute Gasteiger partial charge is 0.323 e. The van der Waals surface area contributed by atoms with Crippen molar-refractivity contribution in [3.05, 3.63) is 0 Å². The highest BCUT2D eigenvalue weighted by Gasteiger charge is 2.53. The normalized spacial score (nSPS) is 28.5. The van der Waals surface area contributed by atoms with Gasteiger partial charge >= 0.3 is 6.03 Å². The fourth-order valence-corrected chi connectivity index (χ4v) is 4.00. The predicted molar refractivity (Wildman–Crippen MR) is 91.0 cm³/mol. The molecule has 3 amide bonds. The minimum absolute atomic E-state index is 0.0133. The molecule has 23 heavy (non-hydrogen) atoms. The van der Waals surface area contributed by atoms with E-state index < -0.39 is 5.54 Å². The summed E-state index contributed by atoms with van der Waals surface area (Å²) in [5.74, 6) is 1.77. The van der Waals surface area contributed by atoms with E-state index in [1.165, 1.54) is 9.80 Å². The summed E-state index contributed by atoms with van der Waals surface area (Å²) in [5.41, 5.74) is -0.607. The first kappa shape index (κ1) is 18.2. The van der Waals surface area contributed by atoms with Gasteiger partial charge < -0.3 is 10.2 Å². The quantitative estimate of drug-likeness (QED) is 0.730. The first-order valence-corrected chi connectivity index (χ1v) is 9.21. The summed E-state index contributed by atoms with van der Waals surface area (Å²) >= 11 is 0. The number of carbonyl (C=O) groups excluding carboxylic acids is 2. The standard InChI is InChI=1S/C18H33N3O2/c1-13(2)10-20(11-14(3)4)12-21-16(22)18(19-17(21)23)8-6-15(5)7-9-18/h13-15H,6-12H2,1-5H3,(H,19,23)/p+1. The minimum Gasteiger partial charge on any atom is -0.323 e. The molecule has 0 bridgehead atoms. The second kappa shape index (κ2) is 7.20. The van der Waals surface area contributed by atoms with Crippen molar-refractivity contribution in [3.63, 3.8) is 0 Å². The number of urea groups is 1. The van der Waals surface area contributed by atoms with Crippen molar-refractivity contribution in [1.29, 1.82) is 0 Å². The van der Waals surface area contributed by atoms with Crippen LogP contribution in [0.2, 0.25) is 0 Å². The summed E-state index contributed by atoms with van der Waals surface area (Å²) in [4.78, 5) is 28.2. The van der Waals surface area contributed by atoms with Crippen LogP contribution in [-0.2, 0) is 4.79 Å². The van der Waals surface area contributed by atoms with Gasteiger partial charge in [0.2, 0.25) is 0 Å². The van der Waals surface area contributed by atoms with Crippen molar-refractivity contribution in [2.75, 3.05) is 19.8 Å². The molecule has 1 saturated carbocycles. The highest BCUT2D eigenvalue weighted by atomic mass is 16.2. The summed E-state index contributed by atoms with van der Waals surface area (Å²) < 4.78 is 0. The van der Waals surface area contributed by atoms with Crippen molar-refractivity contribution in [1.82, 2.24) is 10.2 Å². The molecule has 1 spiro atoms. The fraction of sp³-hybridized carbons (Fsp3) is 0.889. The summed E-state index contributed by atoms with van der Waals surface area (Å²) in [7, 11) is 0. The maximum atomic E-state index is 12.9. The van der Waals surface area contributed by atoms with E-state index in [2.05, 4.69) is 39.9 Å². The molecule has 2 fully saturated rings. The van der Waals surface area contributed by atoms with Gasteiger partial charge in [-0.05, 0) is 31.6 Å². The number of nitrogens with zero attached hydrogens (tertiary/aromatic N) is 1. The first-order valence-electron chi connectivity index (χ1n) is 9.21. The molecule has 0 aromatic heterocycles. The largest absolute Gasteiger partial charge is 0.329 e. The molecule has 1 heterocycles. The highest BCUT2D eigenvalue weighted by Crippen LogP contribution is 2.35. The van der Waals surface area contributed by atoms with Gasteiger partial charge in [-0.15, -0.1) is 0 Å².